The standard InChI is InChI=1S/C11H18N2O/c1-3-13(6-7-14)11-8-9(2)4-5-10(11)12/h4-5,8,14H,3,6-7,12H2,1-2H3. The van der Waals surface area contributed by atoms with Crippen LogP contribution in [0.4, 0.5) is 11.4 Å². The van der Waals surface area contributed by atoms with Crippen LogP contribution in [0.3, 0.4) is 0 Å². The van der Waals surface area contributed by atoms with Gasteiger partial charge in [-0.2, -0.15) is 0 Å². The molecule has 78 valence electrons. The van der Waals surface area contributed by atoms with Crippen LogP contribution in [0.25, 0.3) is 0 Å². The minimum Gasteiger partial charge on any atom is -0.397 e. The highest BCUT2D eigenvalue weighted by Gasteiger charge is 2.06. The third-order valence-electron chi connectivity index (χ3n) is 2.28. The van der Waals surface area contributed by atoms with E-state index in [1.165, 1.54) is 5.56 Å². The molecule has 3 N–H and O–H groups in total. The zero-order chi connectivity index (χ0) is 10.6. The van der Waals surface area contributed by atoms with E-state index in [9.17, 15) is 0 Å². The summed E-state index contributed by atoms with van der Waals surface area (Å²) in [5, 5.41) is 8.91. The second kappa shape index (κ2) is 4.86. The van der Waals surface area contributed by atoms with Crippen molar-refractivity contribution in [3.8, 4) is 0 Å². The van der Waals surface area contributed by atoms with Gasteiger partial charge < -0.3 is 15.7 Å². The lowest BCUT2D eigenvalue weighted by molar-refractivity contribution is 0.302. The van der Waals surface area contributed by atoms with Crippen molar-refractivity contribution in [3.05, 3.63) is 23.8 Å². The van der Waals surface area contributed by atoms with Crippen molar-refractivity contribution in [2.24, 2.45) is 0 Å². The van der Waals surface area contributed by atoms with Gasteiger partial charge in [0, 0.05) is 13.1 Å². The topological polar surface area (TPSA) is 49.5 Å². The second-order valence-electron chi connectivity index (χ2n) is 3.37. The highest BCUT2D eigenvalue weighted by atomic mass is 16.3. The van der Waals surface area contributed by atoms with E-state index in [0.717, 1.165) is 17.9 Å². The largest absolute Gasteiger partial charge is 0.397 e. The van der Waals surface area contributed by atoms with Crippen molar-refractivity contribution < 1.29 is 5.11 Å². The van der Waals surface area contributed by atoms with Crippen LogP contribution in [0, 0.1) is 6.92 Å². The first kappa shape index (κ1) is 10.9. The molecule has 1 aromatic rings. The van der Waals surface area contributed by atoms with E-state index in [1.54, 1.807) is 0 Å². The van der Waals surface area contributed by atoms with Crippen LogP contribution in [0.5, 0.6) is 0 Å². The third kappa shape index (κ3) is 2.39. The summed E-state index contributed by atoms with van der Waals surface area (Å²) < 4.78 is 0. The summed E-state index contributed by atoms with van der Waals surface area (Å²) in [7, 11) is 0. The number of rotatable bonds is 4. The molecule has 0 fully saturated rings. The Kier molecular flexibility index (Phi) is 3.77. The van der Waals surface area contributed by atoms with Gasteiger partial charge in [-0.05, 0) is 31.5 Å². The lowest BCUT2D eigenvalue weighted by Crippen LogP contribution is -2.27. The summed E-state index contributed by atoms with van der Waals surface area (Å²) in [6.45, 7) is 5.73. The van der Waals surface area contributed by atoms with E-state index in [-0.39, 0.29) is 6.61 Å². The zero-order valence-corrected chi connectivity index (χ0v) is 8.83. The van der Waals surface area contributed by atoms with Gasteiger partial charge in [-0.1, -0.05) is 6.07 Å². The van der Waals surface area contributed by atoms with Crippen LogP contribution < -0.4 is 10.6 Å². The van der Waals surface area contributed by atoms with Gasteiger partial charge in [0.15, 0.2) is 0 Å². The molecular weight excluding hydrogens is 176 g/mol. The summed E-state index contributed by atoms with van der Waals surface area (Å²) >= 11 is 0. The van der Waals surface area contributed by atoms with Gasteiger partial charge in [0.05, 0.1) is 18.0 Å². The number of nitrogens with two attached hydrogens (primary N) is 1. The lowest BCUT2D eigenvalue weighted by atomic mass is 10.1. The molecule has 3 nitrogen and oxygen atoms in total. The Bertz CT molecular complexity index is 299. The summed E-state index contributed by atoms with van der Waals surface area (Å²) in [6.07, 6.45) is 0. The molecule has 14 heavy (non-hydrogen) atoms. The van der Waals surface area contributed by atoms with Crippen LogP contribution in [-0.4, -0.2) is 24.8 Å². The van der Waals surface area contributed by atoms with E-state index in [2.05, 4.69) is 17.9 Å². The van der Waals surface area contributed by atoms with Gasteiger partial charge >= 0.3 is 0 Å². The molecule has 0 aliphatic rings. The van der Waals surface area contributed by atoms with Gasteiger partial charge in [-0.3, -0.25) is 0 Å². The second-order valence-corrected chi connectivity index (χ2v) is 3.37. The smallest absolute Gasteiger partial charge is 0.0606 e. The number of likely N-dealkylation sites (N-methyl/N-ethyl adjacent to an activating group) is 1. The predicted molar refractivity (Wildman–Crippen MR) is 60.6 cm³/mol. The van der Waals surface area contributed by atoms with Crippen LogP contribution in [0.2, 0.25) is 0 Å². The summed E-state index contributed by atoms with van der Waals surface area (Å²) in [4.78, 5) is 2.07. The normalized spacial score (nSPS) is 10.2. The first-order valence-electron chi connectivity index (χ1n) is 4.91. The number of anilines is 2. The number of benzene rings is 1. The molecule has 0 bridgehead atoms. The maximum Gasteiger partial charge on any atom is 0.0606 e. The van der Waals surface area contributed by atoms with Crippen LogP contribution in [0.15, 0.2) is 18.2 Å². The van der Waals surface area contributed by atoms with Crippen LogP contribution >= 0.6 is 0 Å². The van der Waals surface area contributed by atoms with E-state index >= 15 is 0 Å². The Morgan fingerprint density at radius 3 is 2.71 bits per heavy atom. The van der Waals surface area contributed by atoms with Crippen molar-refractivity contribution in [1.29, 1.82) is 0 Å². The van der Waals surface area contributed by atoms with Crippen LogP contribution in [0.1, 0.15) is 12.5 Å². The van der Waals surface area contributed by atoms with Gasteiger partial charge in [-0.25, -0.2) is 0 Å². The molecule has 0 unspecified atom stereocenters. The Morgan fingerprint density at radius 2 is 2.14 bits per heavy atom. The molecule has 0 aromatic heterocycles. The van der Waals surface area contributed by atoms with Crippen molar-refractivity contribution >= 4 is 11.4 Å². The molecule has 3 heteroatoms. The fourth-order valence-electron chi connectivity index (χ4n) is 1.50. The molecular formula is C11H18N2O. The summed E-state index contributed by atoms with van der Waals surface area (Å²) in [5.41, 5.74) is 8.84. The van der Waals surface area contributed by atoms with Gasteiger partial charge in [0.25, 0.3) is 0 Å². The average Bonchev–Trinajstić information content (AvgIpc) is 2.18. The molecule has 0 amide bonds. The highest BCUT2D eigenvalue weighted by Crippen LogP contribution is 2.23. The van der Waals surface area contributed by atoms with Crippen molar-refractivity contribution in [2.45, 2.75) is 13.8 Å². The maximum absolute atomic E-state index is 8.91. The number of hydrogen-bond donors (Lipinski definition) is 2. The van der Waals surface area contributed by atoms with Gasteiger partial charge in [0.1, 0.15) is 0 Å². The lowest BCUT2D eigenvalue weighted by Gasteiger charge is -2.23. The highest BCUT2D eigenvalue weighted by molar-refractivity contribution is 5.68. The first-order chi connectivity index (χ1) is 6.69. The minimum atomic E-state index is 0.154. The molecule has 0 atom stereocenters. The molecule has 0 saturated carbocycles. The molecule has 0 saturated heterocycles. The van der Waals surface area contributed by atoms with Gasteiger partial charge in [-0.15, -0.1) is 0 Å². The minimum absolute atomic E-state index is 0.154. The SMILES string of the molecule is CCN(CCO)c1cc(C)ccc1N. The first-order valence-corrected chi connectivity index (χ1v) is 4.91. The van der Waals surface area contributed by atoms with E-state index in [0.29, 0.717) is 6.54 Å². The summed E-state index contributed by atoms with van der Waals surface area (Å²) in [6, 6.07) is 5.95. The molecule has 1 rings (SSSR count). The number of nitrogen functional groups attached to an aromatic ring is 1. The maximum atomic E-state index is 8.91. The Morgan fingerprint density at radius 1 is 1.43 bits per heavy atom. The predicted octanol–water partition coefficient (Wildman–Crippen LogP) is 1.40. The Balaban J connectivity index is 2.96. The Labute approximate surface area is 85.2 Å². The number of aliphatic hydroxyl groups excluding tert-OH is 1. The van der Waals surface area contributed by atoms with Crippen molar-refractivity contribution in [1.82, 2.24) is 0 Å². The van der Waals surface area contributed by atoms with Crippen molar-refractivity contribution in [3.63, 3.8) is 0 Å². The molecule has 0 heterocycles. The third-order valence-corrected chi connectivity index (χ3v) is 2.28. The van der Waals surface area contributed by atoms with Gasteiger partial charge in [0.2, 0.25) is 0 Å². The number of nitrogens with zero attached hydrogens (tertiary/aromatic N) is 1. The number of aryl methyl sites for hydroxylation is 1. The number of hydrogen-bond acceptors (Lipinski definition) is 3. The molecule has 0 aliphatic carbocycles. The fourth-order valence-corrected chi connectivity index (χ4v) is 1.50. The monoisotopic (exact) mass is 194 g/mol. The summed E-state index contributed by atoms with van der Waals surface area (Å²) in [5.74, 6) is 0. The zero-order valence-electron chi connectivity index (χ0n) is 8.83. The van der Waals surface area contributed by atoms with E-state index in [1.807, 2.05) is 19.1 Å². The quantitative estimate of drug-likeness (QED) is 0.712. The molecule has 0 spiro atoms. The Hall–Kier alpha value is -1.22. The van der Waals surface area contributed by atoms with E-state index < -0.39 is 0 Å². The van der Waals surface area contributed by atoms with Crippen molar-refractivity contribution in [2.75, 3.05) is 30.3 Å². The number of aliphatic hydroxyl groups is 1. The average molecular weight is 194 g/mol. The van der Waals surface area contributed by atoms with Crippen LogP contribution in [-0.2, 0) is 0 Å². The molecule has 1 aromatic carbocycles. The molecule has 0 aliphatic heterocycles. The fraction of sp³-hybridized carbons (Fsp3) is 0.455. The molecule has 0 radical (unpaired) electrons. The van der Waals surface area contributed by atoms with E-state index in [4.69, 9.17) is 10.8 Å².